The predicted molar refractivity (Wildman–Crippen MR) is 113 cm³/mol. The maximum atomic E-state index is 12.6. The van der Waals surface area contributed by atoms with Crippen LogP contribution in [0.25, 0.3) is 0 Å². The van der Waals surface area contributed by atoms with Crippen molar-refractivity contribution in [3.8, 4) is 17.2 Å². The maximum absolute atomic E-state index is 12.6. The molecule has 0 aromatic heterocycles. The first-order valence-electron chi connectivity index (χ1n) is 9.60. The molecule has 1 aliphatic heterocycles. The second kappa shape index (κ2) is 9.78. The molecule has 3 rings (SSSR count). The number of anilines is 1. The van der Waals surface area contributed by atoms with Crippen molar-refractivity contribution < 1.29 is 23.8 Å². The van der Waals surface area contributed by atoms with Crippen LogP contribution in [-0.2, 0) is 16.0 Å². The Morgan fingerprint density at radius 1 is 1.03 bits per heavy atom. The largest absolute Gasteiger partial charge is 0.493 e. The Bertz CT molecular complexity index is 918. The number of hydrogen-bond acceptors (Lipinski definition) is 6. The third-order valence-corrected chi connectivity index (χ3v) is 4.72. The lowest BCUT2D eigenvalue weighted by molar-refractivity contribution is -0.118. The predicted octanol–water partition coefficient (Wildman–Crippen LogP) is 2.55. The molecule has 0 unspecified atom stereocenters. The van der Waals surface area contributed by atoms with E-state index >= 15 is 0 Å². The van der Waals surface area contributed by atoms with Crippen LogP contribution in [0.4, 0.5) is 5.69 Å². The van der Waals surface area contributed by atoms with Crippen LogP contribution in [-0.4, -0.2) is 45.4 Å². The zero-order chi connectivity index (χ0) is 21.5. The third kappa shape index (κ3) is 4.71. The number of carbonyl (C=O) groups is 2. The number of hydrogen-bond donors (Lipinski definition) is 1. The molecule has 8 heteroatoms. The fourth-order valence-electron chi connectivity index (χ4n) is 3.19. The summed E-state index contributed by atoms with van der Waals surface area (Å²) >= 11 is 0. The molecule has 0 aliphatic carbocycles. The number of hydrazone groups is 1. The van der Waals surface area contributed by atoms with Gasteiger partial charge in [-0.2, -0.15) is 5.10 Å². The minimum atomic E-state index is -0.282. The van der Waals surface area contributed by atoms with Crippen molar-refractivity contribution in [3.05, 3.63) is 48.0 Å². The number of nitrogens with zero attached hydrogens (tertiary/aromatic N) is 2. The fourth-order valence-corrected chi connectivity index (χ4v) is 3.19. The summed E-state index contributed by atoms with van der Waals surface area (Å²) in [4.78, 5) is 24.8. The molecule has 0 fully saturated rings. The van der Waals surface area contributed by atoms with Gasteiger partial charge in [-0.1, -0.05) is 18.2 Å². The summed E-state index contributed by atoms with van der Waals surface area (Å²) in [6, 6.07) is 12.8. The number of methoxy groups -OCH3 is 3. The van der Waals surface area contributed by atoms with Gasteiger partial charge in [-0.05, 0) is 36.2 Å². The highest BCUT2D eigenvalue weighted by molar-refractivity contribution is 6.40. The first-order chi connectivity index (χ1) is 14.6. The van der Waals surface area contributed by atoms with Crippen molar-refractivity contribution >= 4 is 23.2 Å². The summed E-state index contributed by atoms with van der Waals surface area (Å²) in [7, 11) is 4.67. The van der Waals surface area contributed by atoms with Crippen LogP contribution < -0.4 is 24.5 Å². The summed E-state index contributed by atoms with van der Waals surface area (Å²) < 4.78 is 16.0. The molecular formula is C22H25N3O5. The maximum Gasteiger partial charge on any atom is 0.267 e. The van der Waals surface area contributed by atoms with Gasteiger partial charge in [-0.15, -0.1) is 0 Å². The van der Waals surface area contributed by atoms with Gasteiger partial charge < -0.3 is 19.5 Å². The molecule has 0 radical (unpaired) electrons. The standard InChI is InChI=1S/C22H25N3O5/c1-28-18-13-15(14-19(29-2)21(18)30-3)11-12-23-22(27)17-9-10-20(26)25(24-17)16-7-5-4-6-8-16/h4-8,13-14H,9-12H2,1-3H3,(H,23,27). The van der Waals surface area contributed by atoms with Crippen LogP contribution in [0.2, 0.25) is 0 Å². The van der Waals surface area contributed by atoms with Crippen LogP contribution in [0.15, 0.2) is 47.6 Å². The molecule has 0 saturated heterocycles. The second-order valence-corrected chi connectivity index (χ2v) is 6.63. The van der Waals surface area contributed by atoms with Gasteiger partial charge in [-0.25, -0.2) is 5.01 Å². The molecule has 0 bridgehead atoms. The van der Waals surface area contributed by atoms with Crippen LogP contribution >= 0.6 is 0 Å². The van der Waals surface area contributed by atoms with Gasteiger partial charge in [0.05, 0.1) is 27.0 Å². The molecule has 8 nitrogen and oxygen atoms in total. The number of nitrogens with one attached hydrogen (secondary N) is 1. The summed E-state index contributed by atoms with van der Waals surface area (Å²) in [5.74, 6) is 1.24. The summed E-state index contributed by atoms with van der Waals surface area (Å²) in [5.41, 5.74) is 1.91. The molecule has 158 valence electrons. The van der Waals surface area contributed by atoms with Gasteiger partial charge in [-0.3, -0.25) is 9.59 Å². The highest BCUT2D eigenvalue weighted by Crippen LogP contribution is 2.38. The number of amides is 2. The summed E-state index contributed by atoms with van der Waals surface area (Å²) in [6.07, 6.45) is 1.13. The van der Waals surface area contributed by atoms with Crippen molar-refractivity contribution in [1.82, 2.24) is 5.32 Å². The van der Waals surface area contributed by atoms with Crippen molar-refractivity contribution in [2.24, 2.45) is 5.10 Å². The fraction of sp³-hybridized carbons (Fsp3) is 0.318. The van der Waals surface area contributed by atoms with E-state index in [4.69, 9.17) is 14.2 Å². The molecule has 2 amide bonds. The first-order valence-corrected chi connectivity index (χ1v) is 9.60. The van der Waals surface area contributed by atoms with Crippen molar-refractivity contribution in [2.75, 3.05) is 32.9 Å². The lowest BCUT2D eigenvalue weighted by Crippen LogP contribution is -2.39. The Kier molecular flexibility index (Phi) is 6.90. The Balaban J connectivity index is 1.65. The molecule has 0 spiro atoms. The molecule has 1 heterocycles. The molecule has 0 saturated carbocycles. The summed E-state index contributed by atoms with van der Waals surface area (Å²) in [6.45, 7) is 0.399. The Hall–Kier alpha value is -3.55. The Morgan fingerprint density at radius 2 is 1.70 bits per heavy atom. The highest BCUT2D eigenvalue weighted by Gasteiger charge is 2.25. The smallest absolute Gasteiger partial charge is 0.267 e. The number of carbonyl (C=O) groups excluding carboxylic acids is 2. The van der Waals surface area contributed by atoms with Gasteiger partial charge in [0.2, 0.25) is 11.7 Å². The van der Waals surface area contributed by atoms with Crippen molar-refractivity contribution in [2.45, 2.75) is 19.3 Å². The van der Waals surface area contributed by atoms with Crippen molar-refractivity contribution in [3.63, 3.8) is 0 Å². The first kappa shape index (κ1) is 21.2. The van der Waals surface area contributed by atoms with Gasteiger partial charge in [0.25, 0.3) is 5.91 Å². The number of ether oxygens (including phenoxy) is 3. The SMILES string of the molecule is COc1cc(CCNC(=O)C2=NN(c3ccccc3)C(=O)CC2)cc(OC)c1OC. The van der Waals surface area contributed by atoms with E-state index in [2.05, 4.69) is 10.4 Å². The lowest BCUT2D eigenvalue weighted by Gasteiger charge is -2.23. The van der Waals surface area contributed by atoms with Gasteiger partial charge >= 0.3 is 0 Å². The number of para-hydroxylation sites is 1. The number of rotatable bonds is 8. The average molecular weight is 411 g/mol. The van der Waals surface area contributed by atoms with E-state index in [1.54, 1.807) is 33.5 Å². The molecule has 1 N–H and O–H groups in total. The topological polar surface area (TPSA) is 89.5 Å². The van der Waals surface area contributed by atoms with Gasteiger partial charge in [0.15, 0.2) is 11.5 Å². The van der Waals surface area contributed by atoms with Crippen LogP contribution in [0.5, 0.6) is 17.2 Å². The van der Waals surface area contributed by atoms with Gasteiger partial charge in [0, 0.05) is 19.4 Å². The van der Waals surface area contributed by atoms with E-state index < -0.39 is 0 Å². The lowest BCUT2D eigenvalue weighted by atomic mass is 10.1. The molecule has 2 aromatic carbocycles. The molecule has 2 aromatic rings. The van der Waals surface area contributed by atoms with E-state index in [-0.39, 0.29) is 18.2 Å². The molecule has 30 heavy (non-hydrogen) atoms. The van der Waals surface area contributed by atoms with E-state index in [1.165, 1.54) is 5.01 Å². The third-order valence-electron chi connectivity index (χ3n) is 4.72. The van der Waals surface area contributed by atoms with E-state index in [0.717, 1.165) is 5.56 Å². The molecule has 1 aliphatic rings. The average Bonchev–Trinajstić information content (AvgIpc) is 2.79. The zero-order valence-corrected chi connectivity index (χ0v) is 17.3. The van der Waals surface area contributed by atoms with Crippen LogP contribution in [0, 0.1) is 0 Å². The zero-order valence-electron chi connectivity index (χ0n) is 17.3. The number of benzene rings is 2. The van der Waals surface area contributed by atoms with Crippen LogP contribution in [0.1, 0.15) is 18.4 Å². The van der Waals surface area contributed by atoms with Gasteiger partial charge in [0.1, 0.15) is 5.71 Å². The summed E-state index contributed by atoms with van der Waals surface area (Å²) in [5, 5.41) is 8.43. The molecule has 0 atom stereocenters. The Morgan fingerprint density at radius 3 is 2.30 bits per heavy atom. The Labute approximate surface area is 175 Å². The second-order valence-electron chi connectivity index (χ2n) is 6.63. The van der Waals surface area contributed by atoms with Crippen molar-refractivity contribution in [1.29, 1.82) is 0 Å². The minimum Gasteiger partial charge on any atom is -0.493 e. The monoisotopic (exact) mass is 411 g/mol. The molecular weight excluding hydrogens is 386 g/mol. The minimum absolute atomic E-state index is 0.129. The van der Waals surface area contributed by atoms with Crippen LogP contribution in [0.3, 0.4) is 0 Å². The quantitative estimate of drug-likeness (QED) is 0.721. The van der Waals surface area contributed by atoms with E-state index in [1.807, 2.05) is 30.3 Å². The van der Waals surface area contributed by atoms with E-state index in [0.29, 0.717) is 48.0 Å². The normalized spacial score (nSPS) is 13.5. The van der Waals surface area contributed by atoms with E-state index in [9.17, 15) is 9.59 Å². The highest BCUT2D eigenvalue weighted by atomic mass is 16.5.